The van der Waals surface area contributed by atoms with Crippen LogP contribution in [0.1, 0.15) is 13.0 Å². The number of hydrogen-bond donors (Lipinski definition) is 2. The van der Waals surface area contributed by atoms with Crippen LogP contribution >= 0.6 is 11.3 Å². The lowest BCUT2D eigenvalue weighted by atomic mass is 10.2. The van der Waals surface area contributed by atoms with Gasteiger partial charge in [-0.2, -0.15) is 5.10 Å². The quantitative estimate of drug-likeness (QED) is 0.732. The zero-order valence-electron chi connectivity index (χ0n) is 13.6. The Morgan fingerprint density at radius 3 is 2.77 bits per heavy atom. The first-order chi connectivity index (χ1) is 12.4. The fourth-order valence-electron chi connectivity index (χ4n) is 2.28. The number of anilines is 2. The molecule has 1 atom stereocenters. The van der Waals surface area contributed by atoms with Crippen molar-refractivity contribution in [3.8, 4) is 10.6 Å². The van der Waals surface area contributed by atoms with Crippen molar-refractivity contribution in [2.24, 2.45) is 0 Å². The van der Waals surface area contributed by atoms with E-state index in [2.05, 4.69) is 10.4 Å². The zero-order valence-corrected chi connectivity index (χ0v) is 14.4. The lowest BCUT2D eigenvalue weighted by molar-refractivity contribution is -0.119. The van der Waals surface area contributed by atoms with Crippen molar-refractivity contribution >= 4 is 28.6 Å². The summed E-state index contributed by atoms with van der Waals surface area (Å²) in [5, 5.41) is 8.28. The van der Waals surface area contributed by atoms with Crippen molar-refractivity contribution in [3.63, 3.8) is 0 Å². The molecule has 1 amide bonds. The minimum atomic E-state index is -1.09. The van der Waals surface area contributed by atoms with Gasteiger partial charge in [0.05, 0.1) is 10.6 Å². The first kappa shape index (κ1) is 17.7. The van der Waals surface area contributed by atoms with Gasteiger partial charge in [0.15, 0.2) is 0 Å². The van der Waals surface area contributed by atoms with Gasteiger partial charge >= 0.3 is 0 Å². The van der Waals surface area contributed by atoms with Crippen LogP contribution in [-0.4, -0.2) is 15.7 Å². The van der Waals surface area contributed by atoms with Crippen molar-refractivity contribution < 1.29 is 13.6 Å². The minimum Gasteiger partial charge on any atom is -0.394 e. The molecule has 3 aromatic rings. The molecule has 3 rings (SSSR count). The predicted octanol–water partition coefficient (Wildman–Crippen LogP) is 3.03. The van der Waals surface area contributed by atoms with E-state index in [1.165, 1.54) is 24.3 Å². The molecule has 0 saturated carbocycles. The van der Waals surface area contributed by atoms with Gasteiger partial charge in [-0.25, -0.2) is 13.5 Å². The van der Waals surface area contributed by atoms with Crippen molar-refractivity contribution in [2.75, 3.05) is 11.1 Å². The summed E-state index contributed by atoms with van der Waals surface area (Å²) in [6.07, 6.45) is 0. The second-order valence-electron chi connectivity index (χ2n) is 5.50. The van der Waals surface area contributed by atoms with Gasteiger partial charge in [0, 0.05) is 6.07 Å². The van der Waals surface area contributed by atoms with Gasteiger partial charge in [0.1, 0.15) is 29.1 Å². The summed E-state index contributed by atoms with van der Waals surface area (Å²) in [6, 6.07) is 6.65. The summed E-state index contributed by atoms with van der Waals surface area (Å²) in [5.74, 6) is -2.22. The first-order valence-corrected chi connectivity index (χ1v) is 8.44. The van der Waals surface area contributed by atoms with Crippen LogP contribution in [0.2, 0.25) is 0 Å². The van der Waals surface area contributed by atoms with Gasteiger partial charge in [0.2, 0.25) is 5.91 Å². The van der Waals surface area contributed by atoms with E-state index in [-0.39, 0.29) is 11.4 Å². The van der Waals surface area contributed by atoms with E-state index in [9.17, 15) is 18.4 Å². The highest BCUT2D eigenvalue weighted by Crippen LogP contribution is 2.23. The molecule has 3 N–H and O–H groups in total. The maximum absolute atomic E-state index is 13.7. The van der Waals surface area contributed by atoms with Crippen LogP contribution in [-0.2, 0) is 4.79 Å². The number of amides is 1. The molecule has 134 valence electrons. The summed E-state index contributed by atoms with van der Waals surface area (Å²) in [4.78, 5) is 25.4. The highest BCUT2D eigenvalue weighted by atomic mass is 32.1. The number of hydrogen-bond acceptors (Lipinski definition) is 5. The maximum Gasteiger partial charge on any atom is 0.290 e. The highest BCUT2D eigenvalue weighted by molar-refractivity contribution is 7.13. The number of halogens is 2. The molecule has 0 aliphatic rings. The standard InChI is InChI=1S/C17H14F2N4O2S/c1-9(16(24)21-13-7-10(18)4-5-11(13)19)23-17(25)12(20)8-14(22-23)15-3-2-6-26-15/h2-9H,20H2,1H3,(H,21,24). The van der Waals surface area contributed by atoms with Crippen LogP contribution in [0.5, 0.6) is 0 Å². The Morgan fingerprint density at radius 1 is 1.31 bits per heavy atom. The monoisotopic (exact) mass is 376 g/mol. The average molecular weight is 376 g/mol. The lowest BCUT2D eigenvalue weighted by Crippen LogP contribution is -2.34. The van der Waals surface area contributed by atoms with Crippen LogP contribution in [0.25, 0.3) is 10.6 Å². The summed E-state index contributed by atoms with van der Waals surface area (Å²) in [5.41, 5.74) is 5.15. The number of nitrogens with two attached hydrogens (primary N) is 1. The largest absolute Gasteiger partial charge is 0.394 e. The number of thiophene rings is 1. The molecule has 0 bridgehead atoms. The molecule has 0 spiro atoms. The topological polar surface area (TPSA) is 90.0 Å². The lowest BCUT2D eigenvalue weighted by Gasteiger charge is -2.16. The zero-order chi connectivity index (χ0) is 18.8. The van der Waals surface area contributed by atoms with E-state index in [0.717, 1.165) is 27.8 Å². The molecule has 0 aliphatic heterocycles. The molecule has 9 heteroatoms. The first-order valence-electron chi connectivity index (χ1n) is 7.56. The number of rotatable bonds is 4. The van der Waals surface area contributed by atoms with E-state index in [4.69, 9.17) is 5.73 Å². The Bertz CT molecular complexity index is 1020. The second-order valence-corrected chi connectivity index (χ2v) is 6.45. The SMILES string of the molecule is CC(C(=O)Nc1cc(F)ccc1F)n1nc(-c2cccs2)cc(N)c1=O. The van der Waals surface area contributed by atoms with Gasteiger partial charge in [-0.1, -0.05) is 6.07 Å². The van der Waals surface area contributed by atoms with Crippen LogP contribution in [0.3, 0.4) is 0 Å². The molecule has 1 aromatic carbocycles. The van der Waals surface area contributed by atoms with Crippen molar-refractivity contribution in [1.29, 1.82) is 0 Å². The molecule has 1 unspecified atom stereocenters. The number of nitrogens with zero attached hydrogens (tertiary/aromatic N) is 2. The second kappa shape index (κ2) is 7.04. The fourth-order valence-corrected chi connectivity index (χ4v) is 2.96. The van der Waals surface area contributed by atoms with Gasteiger partial charge in [-0.05, 0) is 36.6 Å². The van der Waals surface area contributed by atoms with Crippen molar-refractivity contribution in [1.82, 2.24) is 9.78 Å². The van der Waals surface area contributed by atoms with E-state index >= 15 is 0 Å². The number of benzene rings is 1. The molecule has 2 heterocycles. The number of carbonyl (C=O) groups excluding carboxylic acids is 1. The van der Waals surface area contributed by atoms with Crippen LogP contribution < -0.4 is 16.6 Å². The maximum atomic E-state index is 13.7. The Balaban J connectivity index is 1.94. The third-order valence-electron chi connectivity index (χ3n) is 3.67. The van der Waals surface area contributed by atoms with Crippen LogP contribution in [0, 0.1) is 11.6 Å². The van der Waals surface area contributed by atoms with Gasteiger partial charge in [-0.15, -0.1) is 11.3 Å². The molecule has 0 radical (unpaired) electrons. The van der Waals surface area contributed by atoms with E-state index in [1.807, 2.05) is 11.4 Å². The molecule has 6 nitrogen and oxygen atoms in total. The summed E-state index contributed by atoms with van der Waals surface area (Å²) >= 11 is 1.40. The molecular formula is C17H14F2N4O2S. The Labute approximate surface area is 150 Å². The van der Waals surface area contributed by atoms with Crippen molar-refractivity contribution in [3.05, 3.63) is 63.8 Å². The molecule has 0 saturated heterocycles. The van der Waals surface area contributed by atoms with Gasteiger partial charge in [0.25, 0.3) is 5.56 Å². The van der Waals surface area contributed by atoms with Gasteiger partial charge < -0.3 is 11.1 Å². The highest BCUT2D eigenvalue weighted by Gasteiger charge is 2.21. The van der Waals surface area contributed by atoms with Crippen molar-refractivity contribution in [2.45, 2.75) is 13.0 Å². The summed E-state index contributed by atoms with van der Waals surface area (Å²) in [6.45, 7) is 1.42. The predicted molar refractivity (Wildman–Crippen MR) is 95.9 cm³/mol. The third kappa shape index (κ3) is 3.47. The van der Waals surface area contributed by atoms with E-state index in [0.29, 0.717) is 5.69 Å². The number of nitrogens with one attached hydrogen (secondary N) is 1. The summed E-state index contributed by atoms with van der Waals surface area (Å²) in [7, 11) is 0. The normalized spacial score (nSPS) is 12.0. The van der Waals surface area contributed by atoms with Crippen LogP contribution in [0.15, 0.2) is 46.6 Å². The molecular weight excluding hydrogens is 362 g/mol. The fraction of sp³-hybridized carbons (Fsp3) is 0.118. The molecule has 0 aliphatic carbocycles. The van der Waals surface area contributed by atoms with Crippen LogP contribution in [0.4, 0.5) is 20.2 Å². The van der Waals surface area contributed by atoms with E-state index < -0.39 is 29.1 Å². The minimum absolute atomic E-state index is 0.0695. The molecule has 0 fully saturated rings. The molecule has 26 heavy (non-hydrogen) atoms. The van der Waals surface area contributed by atoms with E-state index in [1.54, 1.807) is 6.07 Å². The number of carbonyl (C=O) groups is 1. The van der Waals surface area contributed by atoms with Gasteiger partial charge in [-0.3, -0.25) is 9.59 Å². The Hall–Kier alpha value is -3.07. The average Bonchev–Trinajstić information content (AvgIpc) is 3.14. The number of nitrogen functional groups attached to an aromatic ring is 1. The Kier molecular flexibility index (Phi) is 4.81. The molecule has 2 aromatic heterocycles. The third-order valence-corrected chi connectivity index (χ3v) is 4.56. The number of aromatic nitrogens is 2. The Morgan fingerprint density at radius 2 is 2.08 bits per heavy atom. The smallest absolute Gasteiger partial charge is 0.290 e. The summed E-state index contributed by atoms with van der Waals surface area (Å²) < 4.78 is 27.9.